The van der Waals surface area contributed by atoms with Gasteiger partial charge in [-0.05, 0) is 0 Å². The summed E-state index contributed by atoms with van der Waals surface area (Å²) in [4.78, 5) is 16.4. The van der Waals surface area contributed by atoms with Crippen molar-refractivity contribution in [2.45, 2.75) is 13.0 Å². The lowest BCUT2D eigenvalue weighted by Crippen LogP contribution is -2.30. The normalized spacial score (nSPS) is 14.4. The smallest absolute Gasteiger partial charge is 0.182 e. The highest BCUT2D eigenvalue weighted by molar-refractivity contribution is 7.15. The predicted molar refractivity (Wildman–Crippen MR) is 73.5 cm³/mol. The third-order valence-electron chi connectivity index (χ3n) is 2.86. The Labute approximate surface area is 114 Å². The Morgan fingerprint density at radius 1 is 1.39 bits per heavy atom. The summed E-state index contributed by atoms with van der Waals surface area (Å²) in [6.45, 7) is 1.72. The standard InChI is InChI=1S/C11H12ClN5S/c1-13-11-15-7-2-3-17(6-8(7)18-11)10-5-14-4-9(12)16-10/h4-5H,2-3,6H2,1H3,(H,13,15). The van der Waals surface area contributed by atoms with Crippen LogP contribution < -0.4 is 10.2 Å². The van der Waals surface area contributed by atoms with Crippen LogP contribution in [0.1, 0.15) is 10.6 Å². The van der Waals surface area contributed by atoms with Crippen molar-refractivity contribution in [2.24, 2.45) is 0 Å². The summed E-state index contributed by atoms with van der Waals surface area (Å²) in [6.07, 6.45) is 4.23. The van der Waals surface area contributed by atoms with Gasteiger partial charge in [0, 0.05) is 24.9 Å². The van der Waals surface area contributed by atoms with Crippen molar-refractivity contribution < 1.29 is 0 Å². The number of rotatable bonds is 2. The van der Waals surface area contributed by atoms with Gasteiger partial charge in [-0.15, -0.1) is 0 Å². The van der Waals surface area contributed by atoms with Gasteiger partial charge >= 0.3 is 0 Å². The SMILES string of the molecule is CNc1nc2c(s1)CN(c1cncc(Cl)n1)CC2. The summed E-state index contributed by atoms with van der Waals surface area (Å²) < 4.78 is 0. The molecule has 0 saturated carbocycles. The van der Waals surface area contributed by atoms with Crippen LogP contribution in [-0.2, 0) is 13.0 Å². The fourth-order valence-electron chi connectivity index (χ4n) is 1.98. The number of hydrogen-bond donors (Lipinski definition) is 1. The molecule has 1 N–H and O–H groups in total. The number of anilines is 2. The molecule has 0 saturated heterocycles. The third kappa shape index (κ3) is 2.13. The van der Waals surface area contributed by atoms with E-state index < -0.39 is 0 Å². The van der Waals surface area contributed by atoms with E-state index in [1.54, 1.807) is 23.7 Å². The van der Waals surface area contributed by atoms with Crippen LogP contribution in [0.5, 0.6) is 0 Å². The van der Waals surface area contributed by atoms with Crippen molar-refractivity contribution in [3.63, 3.8) is 0 Å². The number of nitrogens with zero attached hydrogens (tertiary/aromatic N) is 4. The van der Waals surface area contributed by atoms with Gasteiger partial charge in [-0.25, -0.2) is 9.97 Å². The van der Waals surface area contributed by atoms with E-state index in [1.807, 2.05) is 7.05 Å². The molecule has 0 bridgehead atoms. The quantitative estimate of drug-likeness (QED) is 0.914. The fourth-order valence-corrected chi connectivity index (χ4v) is 3.10. The largest absolute Gasteiger partial charge is 0.365 e. The Morgan fingerprint density at radius 3 is 3.06 bits per heavy atom. The molecule has 0 radical (unpaired) electrons. The van der Waals surface area contributed by atoms with Gasteiger partial charge in [-0.2, -0.15) is 0 Å². The van der Waals surface area contributed by atoms with Crippen LogP contribution >= 0.6 is 22.9 Å². The summed E-state index contributed by atoms with van der Waals surface area (Å²) in [5.41, 5.74) is 1.19. The zero-order valence-electron chi connectivity index (χ0n) is 9.85. The Kier molecular flexibility index (Phi) is 3.05. The van der Waals surface area contributed by atoms with Gasteiger partial charge in [0.2, 0.25) is 0 Å². The second-order valence-electron chi connectivity index (χ2n) is 4.01. The van der Waals surface area contributed by atoms with Crippen LogP contribution in [0, 0.1) is 0 Å². The molecule has 5 nitrogen and oxygen atoms in total. The van der Waals surface area contributed by atoms with Gasteiger partial charge in [0.1, 0.15) is 11.0 Å². The maximum atomic E-state index is 5.87. The molecule has 2 aromatic rings. The number of nitrogens with one attached hydrogen (secondary N) is 1. The minimum absolute atomic E-state index is 0.429. The van der Waals surface area contributed by atoms with E-state index in [1.165, 1.54) is 10.6 Å². The van der Waals surface area contributed by atoms with Crippen LogP contribution in [0.25, 0.3) is 0 Å². The van der Waals surface area contributed by atoms with Gasteiger partial charge in [0.25, 0.3) is 0 Å². The summed E-state index contributed by atoms with van der Waals surface area (Å²) in [5.74, 6) is 0.826. The first-order valence-corrected chi connectivity index (χ1v) is 6.84. The summed E-state index contributed by atoms with van der Waals surface area (Å²) in [7, 11) is 1.89. The molecule has 18 heavy (non-hydrogen) atoms. The van der Waals surface area contributed by atoms with Gasteiger partial charge in [0.15, 0.2) is 5.13 Å². The van der Waals surface area contributed by atoms with Crippen molar-refractivity contribution in [1.82, 2.24) is 15.0 Å². The van der Waals surface area contributed by atoms with E-state index in [0.29, 0.717) is 5.15 Å². The summed E-state index contributed by atoms with van der Waals surface area (Å²) in [6, 6.07) is 0. The van der Waals surface area contributed by atoms with Crippen molar-refractivity contribution in [1.29, 1.82) is 0 Å². The summed E-state index contributed by atoms with van der Waals surface area (Å²) >= 11 is 7.56. The number of halogens is 1. The average Bonchev–Trinajstić information content (AvgIpc) is 2.80. The highest BCUT2D eigenvalue weighted by Crippen LogP contribution is 2.29. The molecule has 0 spiro atoms. The van der Waals surface area contributed by atoms with Crippen LogP contribution in [0.3, 0.4) is 0 Å². The van der Waals surface area contributed by atoms with Gasteiger partial charge in [-0.1, -0.05) is 22.9 Å². The van der Waals surface area contributed by atoms with Crippen molar-refractivity contribution in [3.05, 3.63) is 28.1 Å². The maximum absolute atomic E-state index is 5.87. The van der Waals surface area contributed by atoms with E-state index in [9.17, 15) is 0 Å². The number of thiazole rings is 1. The molecular weight excluding hydrogens is 270 g/mol. The van der Waals surface area contributed by atoms with Crippen LogP contribution in [-0.4, -0.2) is 28.5 Å². The van der Waals surface area contributed by atoms with Gasteiger partial charge < -0.3 is 10.2 Å². The first-order valence-electron chi connectivity index (χ1n) is 5.65. The Balaban J connectivity index is 1.86. The lowest BCUT2D eigenvalue weighted by Gasteiger charge is -2.26. The Morgan fingerprint density at radius 2 is 2.28 bits per heavy atom. The average molecular weight is 282 g/mol. The molecule has 0 fully saturated rings. The third-order valence-corrected chi connectivity index (χ3v) is 4.14. The van der Waals surface area contributed by atoms with E-state index in [-0.39, 0.29) is 0 Å². The molecule has 0 atom stereocenters. The van der Waals surface area contributed by atoms with Gasteiger partial charge in [0.05, 0.1) is 24.6 Å². The van der Waals surface area contributed by atoms with Crippen LogP contribution in [0.2, 0.25) is 5.15 Å². The Bertz CT molecular complexity index is 570. The van der Waals surface area contributed by atoms with Crippen LogP contribution in [0.15, 0.2) is 12.4 Å². The first kappa shape index (κ1) is 11.7. The Hall–Kier alpha value is -1.40. The highest BCUT2D eigenvalue weighted by Gasteiger charge is 2.21. The number of hydrogen-bond acceptors (Lipinski definition) is 6. The second kappa shape index (κ2) is 4.70. The number of aromatic nitrogens is 3. The minimum Gasteiger partial charge on any atom is -0.365 e. The fraction of sp³-hybridized carbons (Fsp3) is 0.364. The van der Waals surface area contributed by atoms with E-state index in [0.717, 1.165) is 30.5 Å². The van der Waals surface area contributed by atoms with Crippen molar-refractivity contribution >= 4 is 33.9 Å². The lowest BCUT2D eigenvalue weighted by molar-refractivity contribution is 0.717. The molecule has 1 aliphatic rings. The van der Waals surface area contributed by atoms with Crippen molar-refractivity contribution in [3.8, 4) is 0 Å². The van der Waals surface area contributed by atoms with E-state index in [4.69, 9.17) is 11.6 Å². The minimum atomic E-state index is 0.429. The van der Waals surface area contributed by atoms with Crippen molar-refractivity contribution in [2.75, 3.05) is 23.8 Å². The molecule has 3 heterocycles. The summed E-state index contributed by atoms with van der Waals surface area (Å²) in [5, 5.41) is 4.49. The first-order chi connectivity index (χ1) is 8.76. The second-order valence-corrected chi connectivity index (χ2v) is 5.48. The zero-order valence-corrected chi connectivity index (χ0v) is 11.4. The molecule has 0 unspecified atom stereocenters. The molecular formula is C11H12ClN5S. The maximum Gasteiger partial charge on any atom is 0.182 e. The molecule has 0 aliphatic carbocycles. The van der Waals surface area contributed by atoms with Crippen LogP contribution in [0.4, 0.5) is 10.9 Å². The highest BCUT2D eigenvalue weighted by atomic mass is 35.5. The molecule has 1 aliphatic heterocycles. The van der Waals surface area contributed by atoms with E-state index in [2.05, 4.69) is 25.2 Å². The lowest BCUT2D eigenvalue weighted by atomic mass is 10.2. The number of fused-ring (bicyclic) bond motifs is 1. The molecule has 7 heteroatoms. The van der Waals surface area contributed by atoms with E-state index >= 15 is 0 Å². The zero-order chi connectivity index (χ0) is 12.5. The predicted octanol–water partition coefficient (Wildman–Crippen LogP) is 2.19. The molecule has 0 amide bonds. The van der Waals surface area contributed by atoms with Gasteiger partial charge in [-0.3, -0.25) is 4.98 Å². The molecule has 94 valence electrons. The molecule has 2 aromatic heterocycles. The topological polar surface area (TPSA) is 53.9 Å². The molecule has 0 aromatic carbocycles. The monoisotopic (exact) mass is 281 g/mol. The molecule has 3 rings (SSSR count).